The molecule has 1 heterocycles. The molecule has 0 aromatic carbocycles. The van der Waals surface area contributed by atoms with Gasteiger partial charge in [0.2, 0.25) is 0 Å². The van der Waals surface area contributed by atoms with Crippen molar-refractivity contribution in [3.05, 3.63) is 0 Å². The van der Waals surface area contributed by atoms with Crippen LogP contribution in [-0.2, 0) is 0 Å². The fraction of sp³-hybridized carbons (Fsp3) is 1.00. The Bertz CT molecular complexity index is 166. The summed E-state index contributed by atoms with van der Waals surface area (Å²) in [6, 6.07) is 1.46. The standard InChI is InChI=1S/C15H32N2/c1-4-11-14(16-6-3)15(5-2)17-12-9-7-8-10-13-17/h14-16H,4-13H2,1-3H3. The van der Waals surface area contributed by atoms with Crippen molar-refractivity contribution < 1.29 is 0 Å². The van der Waals surface area contributed by atoms with Crippen LogP contribution < -0.4 is 5.32 Å². The minimum atomic E-state index is 0.702. The Morgan fingerprint density at radius 1 is 1.00 bits per heavy atom. The van der Waals surface area contributed by atoms with Crippen LogP contribution in [0.5, 0.6) is 0 Å². The van der Waals surface area contributed by atoms with E-state index in [9.17, 15) is 0 Å². The third-order valence-corrected chi connectivity index (χ3v) is 4.06. The summed E-state index contributed by atoms with van der Waals surface area (Å²) >= 11 is 0. The van der Waals surface area contributed by atoms with Crippen molar-refractivity contribution in [2.75, 3.05) is 19.6 Å². The second-order valence-corrected chi connectivity index (χ2v) is 5.38. The highest BCUT2D eigenvalue weighted by atomic mass is 15.2. The monoisotopic (exact) mass is 240 g/mol. The Morgan fingerprint density at radius 2 is 1.65 bits per heavy atom. The lowest BCUT2D eigenvalue weighted by molar-refractivity contribution is 0.152. The molecule has 102 valence electrons. The van der Waals surface area contributed by atoms with Crippen LogP contribution in [0.4, 0.5) is 0 Å². The summed E-state index contributed by atoms with van der Waals surface area (Å²) in [6.45, 7) is 10.6. The van der Waals surface area contributed by atoms with Gasteiger partial charge in [-0.15, -0.1) is 0 Å². The van der Waals surface area contributed by atoms with Crippen LogP contribution in [0.25, 0.3) is 0 Å². The van der Waals surface area contributed by atoms with Crippen molar-refractivity contribution in [2.45, 2.75) is 77.8 Å². The highest BCUT2D eigenvalue weighted by Gasteiger charge is 2.25. The number of likely N-dealkylation sites (N-methyl/N-ethyl adjacent to an activating group) is 1. The van der Waals surface area contributed by atoms with Crippen LogP contribution in [0.15, 0.2) is 0 Å². The molecular weight excluding hydrogens is 208 g/mol. The minimum Gasteiger partial charge on any atom is -0.313 e. The van der Waals surface area contributed by atoms with Crippen molar-refractivity contribution in [1.29, 1.82) is 0 Å². The van der Waals surface area contributed by atoms with E-state index >= 15 is 0 Å². The van der Waals surface area contributed by atoms with E-state index in [-0.39, 0.29) is 0 Å². The van der Waals surface area contributed by atoms with Gasteiger partial charge in [-0.3, -0.25) is 4.90 Å². The maximum atomic E-state index is 3.71. The zero-order chi connectivity index (χ0) is 12.5. The van der Waals surface area contributed by atoms with E-state index in [1.165, 1.54) is 58.0 Å². The fourth-order valence-corrected chi connectivity index (χ4v) is 3.23. The lowest BCUT2D eigenvalue weighted by atomic mass is 9.98. The highest BCUT2D eigenvalue weighted by Crippen LogP contribution is 2.18. The molecule has 2 heteroatoms. The molecule has 1 fully saturated rings. The van der Waals surface area contributed by atoms with Gasteiger partial charge in [-0.25, -0.2) is 0 Å². The molecule has 1 aliphatic rings. The lowest BCUT2D eigenvalue weighted by Gasteiger charge is -2.36. The van der Waals surface area contributed by atoms with Gasteiger partial charge in [-0.1, -0.05) is 40.0 Å². The van der Waals surface area contributed by atoms with Gasteiger partial charge in [-0.2, -0.15) is 0 Å². The third-order valence-electron chi connectivity index (χ3n) is 4.06. The zero-order valence-electron chi connectivity index (χ0n) is 12.2. The van der Waals surface area contributed by atoms with Crippen LogP contribution >= 0.6 is 0 Å². The van der Waals surface area contributed by atoms with Gasteiger partial charge in [0.1, 0.15) is 0 Å². The molecular formula is C15H32N2. The van der Waals surface area contributed by atoms with Gasteiger partial charge in [0.25, 0.3) is 0 Å². The first-order valence-corrected chi connectivity index (χ1v) is 7.80. The van der Waals surface area contributed by atoms with Gasteiger partial charge in [-0.05, 0) is 45.3 Å². The summed E-state index contributed by atoms with van der Waals surface area (Å²) in [4.78, 5) is 2.76. The van der Waals surface area contributed by atoms with E-state index in [2.05, 4.69) is 31.0 Å². The van der Waals surface area contributed by atoms with E-state index in [1.54, 1.807) is 0 Å². The smallest absolute Gasteiger partial charge is 0.0246 e. The Labute approximate surface area is 108 Å². The van der Waals surface area contributed by atoms with Gasteiger partial charge >= 0.3 is 0 Å². The van der Waals surface area contributed by atoms with Crippen LogP contribution in [0.1, 0.15) is 65.7 Å². The van der Waals surface area contributed by atoms with Crippen molar-refractivity contribution in [2.24, 2.45) is 0 Å². The quantitative estimate of drug-likeness (QED) is 0.733. The first kappa shape index (κ1) is 15.0. The van der Waals surface area contributed by atoms with E-state index in [0.29, 0.717) is 6.04 Å². The average molecular weight is 240 g/mol. The van der Waals surface area contributed by atoms with Gasteiger partial charge in [0, 0.05) is 12.1 Å². The Hall–Kier alpha value is -0.0800. The molecule has 1 rings (SSSR count). The molecule has 2 unspecified atom stereocenters. The Balaban J connectivity index is 2.57. The highest BCUT2D eigenvalue weighted by molar-refractivity contribution is 4.84. The second kappa shape index (κ2) is 8.93. The summed E-state index contributed by atoms with van der Waals surface area (Å²) in [5.74, 6) is 0. The molecule has 0 radical (unpaired) electrons. The molecule has 0 amide bonds. The molecule has 1 N–H and O–H groups in total. The maximum Gasteiger partial charge on any atom is 0.0246 e. The van der Waals surface area contributed by atoms with Gasteiger partial charge in [0.05, 0.1) is 0 Å². The molecule has 0 spiro atoms. The SMILES string of the molecule is CCCC(NCC)C(CC)N1CCCCCC1. The first-order valence-electron chi connectivity index (χ1n) is 7.80. The normalized spacial score (nSPS) is 22.1. The summed E-state index contributed by atoms with van der Waals surface area (Å²) < 4.78 is 0. The molecule has 0 aliphatic carbocycles. The van der Waals surface area contributed by atoms with Crippen molar-refractivity contribution in [3.8, 4) is 0 Å². The number of nitrogens with zero attached hydrogens (tertiary/aromatic N) is 1. The molecule has 0 aromatic rings. The number of nitrogens with one attached hydrogen (secondary N) is 1. The topological polar surface area (TPSA) is 15.3 Å². The van der Waals surface area contributed by atoms with Crippen molar-refractivity contribution in [1.82, 2.24) is 10.2 Å². The van der Waals surface area contributed by atoms with Crippen LogP contribution in [-0.4, -0.2) is 36.6 Å². The number of hydrogen-bond donors (Lipinski definition) is 1. The number of likely N-dealkylation sites (tertiary alicyclic amines) is 1. The molecule has 1 aliphatic heterocycles. The van der Waals surface area contributed by atoms with E-state index in [4.69, 9.17) is 0 Å². The fourth-order valence-electron chi connectivity index (χ4n) is 3.23. The maximum absolute atomic E-state index is 3.71. The van der Waals surface area contributed by atoms with Gasteiger partial charge in [0.15, 0.2) is 0 Å². The first-order chi connectivity index (χ1) is 8.33. The molecule has 0 saturated carbocycles. The van der Waals surface area contributed by atoms with Gasteiger partial charge < -0.3 is 5.32 Å². The minimum absolute atomic E-state index is 0.702. The van der Waals surface area contributed by atoms with E-state index in [0.717, 1.165) is 12.6 Å². The van der Waals surface area contributed by atoms with Crippen molar-refractivity contribution >= 4 is 0 Å². The zero-order valence-corrected chi connectivity index (χ0v) is 12.2. The lowest BCUT2D eigenvalue weighted by Crippen LogP contribution is -2.50. The second-order valence-electron chi connectivity index (χ2n) is 5.38. The average Bonchev–Trinajstić information content (AvgIpc) is 2.60. The number of hydrogen-bond acceptors (Lipinski definition) is 2. The summed E-state index contributed by atoms with van der Waals surface area (Å²) in [7, 11) is 0. The molecule has 0 aromatic heterocycles. The summed E-state index contributed by atoms with van der Waals surface area (Å²) in [5.41, 5.74) is 0. The van der Waals surface area contributed by atoms with Crippen LogP contribution in [0.3, 0.4) is 0 Å². The van der Waals surface area contributed by atoms with Crippen LogP contribution in [0, 0.1) is 0 Å². The Kier molecular flexibility index (Phi) is 7.87. The predicted octanol–water partition coefficient (Wildman–Crippen LogP) is 3.42. The number of rotatable bonds is 7. The largest absolute Gasteiger partial charge is 0.313 e. The third kappa shape index (κ3) is 4.97. The Morgan fingerprint density at radius 3 is 2.12 bits per heavy atom. The molecule has 1 saturated heterocycles. The molecule has 2 atom stereocenters. The summed E-state index contributed by atoms with van der Waals surface area (Å²) in [6.07, 6.45) is 9.59. The predicted molar refractivity (Wildman–Crippen MR) is 76.5 cm³/mol. The van der Waals surface area contributed by atoms with Crippen LogP contribution in [0.2, 0.25) is 0 Å². The molecule has 17 heavy (non-hydrogen) atoms. The van der Waals surface area contributed by atoms with E-state index < -0.39 is 0 Å². The van der Waals surface area contributed by atoms with Crippen molar-refractivity contribution in [3.63, 3.8) is 0 Å². The summed E-state index contributed by atoms with van der Waals surface area (Å²) in [5, 5.41) is 3.71. The van der Waals surface area contributed by atoms with E-state index in [1.807, 2.05) is 0 Å². The molecule has 2 nitrogen and oxygen atoms in total. The molecule has 0 bridgehead atoms.